The fourth-order valence-electron chi connectivity index (χ4n) is 3.40. The fraction of sp³-hybridized carbons (Fsp3) is 0.706. The van der Waals surface area contributed by atoms with Gasteiger partial charge in [0.15, 0.2) is 0 Å². The van der Waals surface area contributed by atoms with Crippen molar-refractivity contribution in [1.29, 1.82) is 0 Å². The Morgan fingerprint density at radius 3 is 2.42 bits per heavy atom. The van der Waals surface area contributed by atoms with Gasteiger partial charge in [0.05, 0.1) is 0 Å². The molecule has 24 heavy (non-hydrogen) atoms. The van der Waals surface area contributed by atoms with Crippen LogP contribution < -0.4 is 0 Å². The molecular weight excluding hydrogens is 326 g/mol. The number of carbonyl (C=O) groups excluding carboxylic acids is 1. The minimum absolute atomic E-state index is 0.124. The molecule has 1 aromatic rings. The number of nitrogens with zero attached hydrogens (tertiary/aromatic N) is 3. The Hall–Kier alpha value is -1.34. The molecule has 1 aliphatic heterocycles. The normalized spacial score (nSPS) is 21.7. The molecule has 0 spiro atoms. The first kappa shape index (κ1) is 17.5. The van der Waals surface area contributed by atoms with Gasteiger partial charge >= 0.3 is 0 Å². The number of amides is 1. The average molecular weight is 353 g/mol. The van der Waals surface area contributed by atoms with Gasteiger partial charge in [-0.25, -0.2) is 8.42 Å². The van der Waals surface area contributed by atoms with Crippen molar-refractivity contribution in [3.8, 4) is 0 Å². The quantitative estimate of drug-likeness (QED) is 0.814. The van der Waals surface area contributed by atoms with Crippen LogP contribution in [0.3, 0.4) is 0 Å². The second-order valence-corrected chi connectivity index (χ2v) is 9.47. The molecule has 0 aromatic carbocycles. The Kier molecular flexibility index (Phi) is 4.28. The van der Waals surface area contributed by atoms with Gasteiger partial charge in [0, 0.05) is 39.4 Å². The summed E-state index contributed by atoms with van der Waals surface area (Å²) < 4.78 is 28.5. The third-order valence-electron chi connectivity index (χ3n) is 5.85. The molecule has 6 nitrogen and oxygen atoms in total. The molecule has 1 aromatic heterocycles. The largest absolute Gasteiger partial charge is 0.345 e. The van der Waals surface area contributed by atoms with E-state index in [1.165, 1.54) is 10.4 Å². The van der Waals surface area contributed by atoms with Crippen LogP contribution in [0.1, 0.15) is 50.0 Å². The molecule has 2 heterocycles. The monoisotopic (exact) mass is 353 g/mol. The zero-order chi connectivity index (χ0) is 17.7. The van der Waals surface area contributed by atoms with Crippen molar-refractivity contribution in [2.75, 3.05) is 20.1 Å². The van der Waals surface area contributed by atoms with E-state index >= 15 is 0 Å². The van der Waals surface area contributed by atoms with Gasteiger partial charge in [-0.2, -0.15) is 4.31 Å². The second-order valence-electron chi connectivity index (χ2n) is 7.53. The number of aromatic nitrogens is 1. The maximum Gasteiger partial charge on any atom is 0.270 e. The van der Waals surface area contributed by atoms with Crippen molar-refractivity contribution in [3.05, 3.63) is 18.0 Å². The highest BCUT2D eigenvalue weighted by atomic mass is 32.2. The highest BCUT2D eigenvalue weighted by molar-refractivity contribution is 7.89. The van der Waals surface area contributed by atoms with Gasteiger partial charge in [0.1, 0.15) is 10.6 Å². The standard InChI is InChI=1S/C17H27N3O3S/c1-13(17(2)7-8-17)19(4)16(21)15-11-14(12-18(15)3)24(22,23)20-9-5-6-10-20/h11-13H,5-10H2,1-4H3. The van der Waals surface area contributed by atoms with E-state index in [1.807, 2.05) is 0 Å². The van der Waals surface area contributed by atoms with Gasteiger partial charge in [0.25, 0.3) is 5.91 Å². The summed E-state index contributed by atoms with van der Waals surface area (Å²) in [5.74, 6) is -0.124. The van der Waals surface area contributed by atoms with Gasteiger partial charge in [0.2, 0.25) is 10.0 Å². The molecule has 2 fully saturated rings. The summed E-state index contributed by atoms with van der Waals surface area (Å²) in [6.45, 7) is 5.39. The first-order valence-electron chi connectivity index (χ1n) is 8.60. The number of hydrogen-bond donors (Lipinski definition) is 0. The van der Waals surface area contributed by atoms with Crippen molar-refractivity contribution in [2.45, 2.75) is 50.5 Å². The lowest BCUT2D eigenvalue weighted by Gasteiger charge is -2.30. The Morgan fingerprint density at radius 1 is 1.29 bits per heavy atom. The minimum Gasteiger partial charge on any atom is -0.345 e. The molecule has 1 saturated heterocycles. The summed E-state index contributed by atoms with van der Waals surface area (Å²) in [5.41, 5.74) is 0.617. The molecule has 1 saturated carbocycles. The molecule has 1 unspecified atom stereocenters. The first-order chi connectivity index (χ1) is 11.2. The Labute approximate surface area is 144 Å². The van der Waals surface area contributed by atoms with Crippen molar-refractivity contribution < 1.29 is 13.2 Å². The van der Waals surface area contributed by atoms with E-state index in [0.29, 0.717) is 18.8 Å². The third-order valence-corrected chi connectivity index (χ3v) is 7.71. The SMILES string of the molecule is CC(N(C)C(=O)c1cc(S(=O)(=O)N2CCCC2)cn1C)C1(C)CC1. The summed E-state index contributed by atoms with van der Waals surface area (Å²) in [6, 6.07) is 1.66. The molecule has 134 valence electrons. The molecule has 2 aliphatic rings. The predicted molar refractivity (Wildman–Crippen MR) is 92.3 cm³/mol. The Morgan fingerprint density at radius 2 is 1.88 bits per heavy atom. The van der Waals surface area contributed by atoms with Crippen LogP contribution in [0.5, 0.6) is 0 Å². The van der Waals surface area contributed by atoms with Crippen molar-refractivity contribution in [1.82, 2.24) is 13.8 Å². The molecule has 0 bridgehead atoms. The highest BCUT2D eigenvalue weighted by Crippen LogP contribution is 2.49. The molecule has 0 N–H and O–H groups in total. The summed E-state index contributed by atoms with van der Waals surface area (Å²) in [5, 5.41) is 0. The summed E-state index contributed by atoms with van der Waals surface area (Å²) >= 11 is 0. The van der Waals surface area contributed by atoms with Gasteiger partial charge in [-0.15, -0.1) is 0 Å². The number of rotatable bonds is 5. The second kappa shape index (κ2) is 5.88. The molecule has 0 radical (unpaired) electrons. The smallest absolute Gasteiger partial charge is 0.270 e. The zero-order valence-corrected chi connectivity index (χ0v) is 15.8. The van der Waals surface area contributed by atoms with Gasteiger partial charge in [-0.1, -0.05) is 6.92 Å². The summed E-state index contributed by atoms with van der Waals surface area (Å²) in [7, 11) is 0.0394. The van der Waals surface area contributed by atoms with Crippen LogP contribution in [-0.4, -0.2) is 54.3 Å². The minimum atomic E-state index is -3.49. The van der Waals surface area contributed by atoms with Gasteiger partial charge < -0.3 is 9.47 Å². The van der Waals surface area contributed by atoms with Crippen molar-refractivity contribution in [2.24, 2.45) is 12.5 Å². The summed E-state index contributed by atoms with van der Waals surface area (Å²) in [4.78, 5) is 14.8. The lowest BCUT2D eigenvalue weighted by atomic mass is 9.99. The van der Waals surface area contributed by atoms with E-state index in [0.717, 1.165) is 25.7 Å². The maximum absolute atomic E-state index is 12.8. The molecule has 3 rings (SSSR count). The first-order valence-corrected chi connectivity index (χ1v) is 10.0. The van der Waals surface area contributed by atoms with Gasteiger partial charge in [-0.3, -0.25) is 4.79 Å². The van der Waals surface area contributed by atoms with Crippen LogP contribution in [0.4, 0.5) is 0 Å². The van der Waals surface area contributed by atoms with E-state index < -0.39 is 10.0 Å². The lowest BCUT2D eigenvalue weighted by molar-refractivity contribution is 0.0675. The van der Waals surface area contributed by atoms with E-state index in [9.17, 15) is 13.2 Å². The number of sulfonamides is 1. The predicted octanol–water partition coefficient (Wildman–Crippen LogP) is 2.07. The number of aryl methyl sites for hydroxylation is 1. The lowest BCUT2D eigenvalue weighted by Crippen LogP contribution is -2.40. The van der Waals surface area contributed by atoms with Crippen LogP contribution in [0, 0.1) is 5.41 Å². The Bertz CT molecular complexity index is 743. The van der Waals surface area contributed by atoms with Crippen molar-refractivity contribution in [3.63, 3.8) is 0 Å². The van der Waals surface area contributed by atoms with Crippen LogP contribution in [-0.2, 0) is 17.1 Å². The molecule has 1 aliphatic carbocycles. The van der Waals surface area contributed by atoms with Crippen LogP contribution >= 0.6 is 0 Å². The van der Waals surface area contributed by atoms with E-state index in [2.05, 4.69) is 13.8 Å². The number of hydrogen-bond acceptors (Lipinski definition) is 3. The van der Waals surface area contributed by atoms with Crippen LogP contribution in [0.15, 0.2) is 17.2 Å². The third kappa shape index (κ3) is 2.88. The van der Waals surface area contributed by atoms with E-state index in [-0.39, 0.29) is 22.3 Å². The molecule has 1 atom stereocenters. The maximum atomic E-state index is 12.8. The fourth-order valence-corrected chi connectivity index (χ4v) is 4.99. The van der Waals surface area contributed by atoms with E-state index in [4.69, 9.17) is 0 Å². The zero-order valence-electron chi connectivity index (χ0n) is 14.9. The number of carbonyl (C=O) groups is 1. The molecule has 7 heteroatoms. The van der Waals surface area contributed by atoms with Gasteiger partial charge in [-0.05, 0) is 44.1 Å². The summed E-state index contributed by atoms with van der Waals surface area (Å²) in [6.07, 6.45) is 5.62. The van der Waals surface area contributed by atoms with Crippen LogP contribution in [0.2, 0.25) is 0 Å². The highest BCUT2D eigenvalue weighted by Gasteiger charge is 2.45. The van der Waals surface area contributed by atoms with E-state index in [1.54, 1.807) is 29.8 Å². The van der Waals surface area contributed by atoms with Crippen LogP contribution in [0.25, 0.3) is 0 Å². The Balaban J connectivity index is 1.84. The van der Waals surface area contributed by atoms with Crippen molar-refractivity contribution >= 4 is 15.9 Å². The molecule has 1 amide bonds. The topological polar surface area (TPSA) is 62.6 Å². The molecular formula is C17H27N3O3S. The average Bonchev–Trinajstić information content (AvgIpc) is 2.98.